The van der Waals surface area contributed by atoms with Gasteiger partial charge in [-0.05, 0) is 18.2 Å². The van der Waals surface area contributed by atoms with E-state index < -0.39 is 9.84 Å². The molecule has 0 aliphatic rings. The van der Waals surface area contributed by atoms with Gasteiger partial charge in [0.1, 0.15) is 17.3 Å². The highest BCUT2D eigenvalue weighted by atomic mass is 35.5. The first-order valence-corrected chi connectivity index (χ1v) is 7.89. The van der Waals surface area contributed by atoms with E-state index in [4.69, 9.17) is 34.3 Å². The molecule has 1 aromatic carbocycles. The van der Waals surface area contributed by atoms with Crippen molar-refractivity contribution < 1.29 is 13.2 Å². The first-order chi connectivity index (χ1) is 8.35. The monoisotopic (exact) mass is 307 g/mol. The molecule has 0 unspecified atom stereocenters. The summed E-state index contributed by atoms with van der Waals surface area (Å²) < 4.78 is 27.9. The lowest BCUT2D eigenvalue weighted by Crippen LogP contribution is -2.16. The highest BCUT2D eigenvalue weighted by Gasteiger charge is 2.09. The summed E-state index contributed by atoms with van der Waals surface area (Å²) in [4.78, 5) is 0.247. The van der Waals surface area contributed by atoms with E-state index in [-0.39, 0.29) is 23.1 Å². The van der Waals surface area contributed by atoms with Crippen LogP contribution in [0.1, 0.15) is 12.5 Å². The second-order valence-electron chi connectivity index (χ2n) is 3.59. The molecule has 1 rings (SSSR count). The molecule has 0 aliphatic carbocycles. The van der Waals surface area contributed by atoms with Crippen molar-refractivity contribution >= 4 is 38.6 Å². The van der Waals surface area contributed by atoms with Gasteiger partial charge in [-0.1, -0.05) is 30.7 Å². The minimum Gasteiger partial charge on any atom is -0.491 e. The van der Waals surface area contributed by atoms with E-state index in [2.05, 4.69) is 0 Å². The number of thiocarbonyl (C=S) groups is 1. The summed E-state index contributed by atoms with van der Waals surface area (Å²) in [6, 6.07) is 4.89. The lowest BCUT2D eigenvalue weighted by Gasteiger charge is -2.09. The number of benzene rings is 1. The average molecular weight is 308 g/mol. The molecular weight excluding hydrogens is 294 g/mol. The van der Waals surface area contributed by atoms with E-state index in [1.54, 1.807) is 25.1 Å². The molecule has 2 N–H and O–H groups in total. The second kappa shape index (κ2) is 6.36. The van der Waals surface area contributed by atoms with Gasteiger partial charge in [-0.2, -0.15) is 0 Å². The van der Waals surface area contributed by atoms with Crippen LogP contribution in [0.5, 0.6) is 5.75 Å². The molecule has 4 nitrogen and oxygen atoms in total. The molecular formula is C11H14ClNO3S2. The standard InChI is InChI=1S/C11H14ClNO3S2/c1-2-18(14,15)6-5-16-10-4-3-8(11(13)17)7-9(10)12/h3-4,7H,2,5-6H2,1H3,(H2,13,17). The third kappa shape index (κ3) is 4.44. The van der Waals surface area contributed by atoms with Gasteiger partial charge in [-0.15, -0.1) is 0 Å². The summed E-state index contributed by atoms with van der Waals surface area (Å²) >= 11 is 10.8. The molecule has 0 aliphatic heterocycles. The Morgan fingerprint density at radius 3 is 2.67 bits per heavy atom. The Balaban J connectivity index is 2.67. The van der Waals surface area contributed by atoms with Crippen LogP contribution in [0.3, 0.4) is 0 Å². The van der Waals surface area contributed by atoms with Gasteiger partial charge in [-0.3, -0.25) is 0 Å². The first-order valence-electron chi connectivity index (χ1n) is 5.28. The van der Waals surface area contributed by atoms with Crippen LogP contribution in [0, 0.1) is 0 Å². The summed E-state index contributed by atoms with van der Waals surface area (Å²) in [6.07, 6.45) is 0. The maximum Gasteiger partial charge on any atom is 0.153 e. The molecule has 0 saturated carbocycles. The van der Waals surface area contributed by atoms with Crippen LogP contribution in [0.15, 0.2) is 18.2 Å². The fourth-order valence-electron chi connectivity index (χ4n) is 1.19. The molecule has 0 atom stereocenters. The third-order valence-corrected chi connectivity index (χ3v) is 4.51. The van der Waals surface area contributed by atoms with Gasteiger partial charge in [0, 0.05) is 11.3 Å². The van der Waals surface area contributed by atoms with Crippen LogP contribution in [0.2, 0.25) is 5.02 Å². The van der Waals surface area contributed by atoms with Crippen LogP contribution in [-0.4, -0.2) is 31.5 Å². The molecule has 0 aromatic heterocycles. The van der Waals surface area contributed by atoms with E-state index in [0.717, 1.165) is 0 Å². The van der Waals surface area contributed by atoms with E-state index in [0.29, 0.717) is 16.3 Å². The van der Waals surface area contributed by atoms with Gasteiger partial charge in [-0.25, -0.2) is 8.42 Å². The van der Waals surface area contributed by atoms with Gasteiger partial charge >= 0.3 is 0 Å². The molecule has 7 heteroatoms. The zero-order chi connectivity index (χ0) is 13.8. The largest absolute Gasteiger partial charge is 0.491 e. The lowest BCUT2D eigenvalue weighted by atomic mass is 10.2. The van der Waals surface area contributed by atoms with Gasteiger partial charge in [0.25, 0.3) is 0 Å². The molecule has 0 saturated heterocycles. The molecule has 1 aromatic rings. The Bertz CT molecular complexity index is 543. The number of nitrogens with two attached hydrogens (primary N) is 1. The number of halogens is 1. The van der Waals surface area contributed by atoms with Gasteiger partial charge in [0.15, 0.2) is 9.84 Å². The molecule has 0 amide bonds. The second-order valence-corrected chi connectivity index (χ2v) is 6.91. The Hall–Kier alpha value is -0.850. The minimum absolute atomic E-state index is 0.0309. The van der Waals surface area contributed by atoms with Crippen LogP contribution in [0.25, 0.3) is 0 Å². The highest BCUT2D eigenvalue weighted by molar-refractivity contribution is 7.91. The molecule has 0 fully saturated rings. The Labute approximate surface area is 117 Å². The Kier molecular flexibility index (Phi) is 5.37. The van der Waals surface area contributed by atoms with E-state index in [1.807, 2.05) is 0 Å². The quantitative estimate of drug-likeness (QED) is 0.811. The maximum atomic E-state index is 11.3. The van der Waals surface area contributed by atoms with Crippen LogP contribution >= 0.6 is 23.8 Å². The van der Waals surface area contributed by atoms with Crippen molar-refractivity contribution in [3.8, 4) is 5.75 Å². The van der Waals surface area contributed by atoms with Crippen molar-refractivity contribution in [1.82, 2.24) is 0 Å². The van der Waals surface area contributed by atoms with Crippen molar-refractivity contribution in [2.75, 3.05) is 18.1 Å². The number of sulfone groups is 1. The summed E-state index contributed by atoms with van der Waals surface area (Å²) in [6.45, 7) is 1.67. The number of hydrogen-bond acceptors (Lipinski definition) is 4. The van der Waals surface area contributed by atoms with Crippen LogP contribution in [-0.2, 0) is 9.84 Å². The van der Waals surface area contributed by atoms with E-state index in [9.17, 15) is 8.42 Å². The van der Waals surface area contributed by atoms with Gasteiger partial charge in [0.05, 0.1) is 10.8 Å². The highest BCUT2D eigenvalue weighted by Crippen LogP contribution is 2.25. The molecule has 0 spiro atoms. The van der Waals surface area contributed by atoms with E-state index >= 15 is 0 Å². The van der Waals surface area contributed by atoms with Gasteiger partial charge in [0.2, 0.25) is 0 Å². The average Bonchev–Trinajstić information content (AvgIpc) is 2.31. The Morgan fingerprint density at radius 2 is 2.17 bits per heavy atom. The van der Waals surface area contributed by atoms with Crippen molar-refractivity contribution in [2.24, 2.45) is 5.73 Å². The predicted molar refractivity (Wildman–Crippen MR) is 77.2 cm³/mol. The van der Waals surface area contributed by atoms with Crippen molar-refractivity contribution in [2.45, 2.75) is 6.92 Å². The lowest BCUT2D eigenvalue weighted by molar-refractivity contribution is 0.341. The van der Waals surface area contributed by atoms with Crippen molar-refractivity contribution in [3.63, 3.8) is 0 Å². The number of rotatable bonds is 6. The Morgan fingerprint density at radius 1 is 1.50 bits per heavy atom. The fourth-order valence-corrected chi connectivity index (χ4v) is 2.18. The number of ether oxygens (including phenoxy) is 1. The third-order valence-electron chi connectivity index (χ3n) is 2.31. The molecule has 0 heterocycles. The number of hydrogen-bond donors (Lipinski definition) is 1. The first kappa shape index (κ1) is 15.2. The normalized spacial score (nSPS) is 11.2. The summed E-state index contributed by atoms with van der Waals surface area (Å²) in [5.41, 5.74) is 6.10. The minimum atomic E-state index is -3.03. The van der Waals surface area contributed by atoms with Crippen molar-refractivity contribution in [3.05, 3.63) is 28.8 Å². The zero-order valence-corrected chi connectivity index (χ0v) is 12.2. The molecule has 0 bridgehead atoms. The summed E-state index contributed by atoms with van der Waals surface area (Å²) in [7, 11) is -3.03. The topological polar surface area (TPSA) is 69.4 Å². The van der Waals surface area contributed by atoms with Crippen LogP contribution < -0.4 is 10.5 Å². The predicted octanol–water partition coefficient (Wildman–Crippen LogP) is 1.79. The van der Waals surface area contributed by atoms with Crippen molar-refractivity contribution in [1.29, 1.82) is 0 Å². The fraction of sp³-hybridized carbons (Fsp3) is 0.364. The van der Waals surface area contributed by atoms with E-state index in [1.165, 1.54) is 0 Å². The summed E-state index contributed by atoms with van der Waals surface area (Å²) in [5.74, 6) is 0.490. The SMILES string of the molecule is CCS(=O)(=O)CCOc1ccc(C(N)=S)cc1Cl. The van der Waals surface area contributed by atoms with Gasteiger partial charge < -0.3 is 10.5 Å². The molecule has 0 radical (unpaired) electrons. The molecule has 100 valence electrons. The maximum absolute atomic E-state index is 11.3. The summed E-state index contributed by atoms with van der Waals surface area (Å²) in [5, 5.41) is 0.356. The smallest absolute Gasteiger partial charge is 0.153 e. The molecule has 18 heavy (non-hydrogen) atoms. The zero-order valence-electron chi connectivity index (χ0n) is 9.85. The van der Waals surface area contributed by atoms with Crippen LogP contribution in [0.4, 0.5) is 0 Å².